The Morgan fingerprint density at radius 3 is 1.22 bits per heavy atom. The molecule has 1 N–H and O–H groups in total. The van der Waals surface area contributed by atoms with E-state index in [0.29, 0.717) is 25.9 Å². The van der Waals surface area contributed by atoms with Crippen LogP contribution < -0.4 is 0 Å². The van der Waals surface area contributed by atoms with Crippen LogP contribution in [0.4, 0.5) is 0 Å². The van der Waals surface area contributed by atoms with Crippen molar-refractivity contribution in [1.29, 1.82) is 0 Å². The van der Waals surface area contributed by atoms with Crippen LogP contribution in [-0.2, 0) is 33.3 Å². The molecule has 0 aromatic rings. The molecule has 1 unspecified atom stereocenters. The predicted octanol–water partition coefficient (Wildman–Crippen LogP) is 9.18. The molecular formula is C37H70O8. The van der Waals surface area contributed by atoms with Crippen molar-refractivity contribution in [3.63, 3.8) is 0 Å². The zero-order valence-corrected chi connectivity index (χ0v) is 29.3. The van der Waals surface area contributed by atoms with Crippen LogP contribution in [0.15, 0.2) is 0 Å². The summed E-state index contributed by atoms with van der Waals surface area (Å²) in [4.78, 5) is 37.0. The summed E-state index contributed by atoms with van der Waals surface area (Å²) in [6, 6.07) is 0. The summed E-state index contributed by atoms with van der Waals surface area (Å²) in [6.07, 6.45) is 27.0. The molecule has 0 spiro atoms. The van der Waals surface area contributed by atoms with Gasteiger partial charge >= 0.3 is 17.9 Å². The number of esters is 3. The highest BCUT2D eigenvalue weighted by Crippen LogP contribution is 2.14. The molecule has 0 aliphatic heterocycles. The maximum Gasteiger partial charge on any atom is 0.306 e. The first-order valence-electron chi connectivity index (χ1n) is 18.7. The zero-order valence-electron chi connectivity index (χ0n) is 29.3. The highest BCUT2D eigenvalue weighted by molar-refractivity contribution is 5.71. The van der Waals surface area contributed by atoms with Gasteiger partial charge in [0.25, 0.3) is 0 Å². The zero-order chi connectivity index (χ0) is 33.1. The van der Waals surface area contributed by atoms with E-state index in [2.05, 4.69) is 13.8 Å². The van der Waals surface area contributed by atoms with Gasteiger partial charge in [0.2, 0.25) is 0 Å². The minimum atomic E-state index is -0.818. The fourth-order valence-electron chi connectivity index (χ4n) is 5.23. The molecule has 0 aliphatic rings. The normalized spacial score (nSPS) is 11.8. The van der Waals surface area contributed by atoms with Gasteiger partial charge in [0.05, 0.1) is 13.2 Å². The molecule has 0 heterocycles. The predicted molar refractivity (Wildman–Crippen MR) is 181 cm³/mol. The van der Waals surface area contributed by atoms with Crippen LogP contribution in [-0.4, -0.2) is 62.2 Å². The topological polar surface area (TPSA) is 108 Å². The van der Waals surface area contributed by atoms with Crippen LogP contribution >= 0.6 is 0 Å². The summed E-state index contributed by atoms with van der Waals surface area (Å²) in [5, 5.41) is 8.76. The molecule has 0 aromatic carbocycles. The Morgan fingerprint density at radius 2 is 0.822 bits per heavy atom. The van der Waals surface area contributed by atoms with Crippen LogP contribution in [0.25, 0.3) is 0 Å². The fourth-order valence-corrected chi connectivity index (χ4v) is 5.23. The van der Waals surface area contributed by atoms with Crippen molar-refractivity contribution < 1.29 is 38.4 Å². The van der Waals surface area contributed by atoms with Gasteiger partial charge in [0.15, 0.2) is 6.10 Å². The average molecular weight is 643 g/mol. The number of aliphatic hydroxyl groups is 1. The molecule has 45 heavy (non-hydrogen) atoms. The van der Waals surface area contributed by atoms with Crippen molar-refractivity contribution >= 4 is 17.9 Å². The van der Waals surface area contributed by atoms with E-state index in [1.54, 1.807) is 0 Å². The molecule has 0 bridgehead atoms. The molecule has 8 heteroatoms. The Bertz CT molecular complexity index is 669. The molecule has 0 radical (unpaired) electrons. The molecule has 0 aliphatic carbocycles. The summed E-state index contributed by atoms with van der Waals surface area (Å²) in [6.45, 7) is 4.74. The van der Waals surface area contributed by atoms with Crippen molar-refractivity contribution in [3.05, 3.63) is 0 Å². The first kappa shape index (κ1) is 43.3. The van der Waals surface area contributed by atoms with Gasteiger partial charge in [-0.25, -0.2) is 0 Å². The molecule has 0 amide bonds. The van der Waals surface area contributed by atoms with E-state index in [1.807, 2.05) is 0 Å². The lowest BCUT2D eigenvalue weighted by molar-refractivity contribution is -0.167. The Hall–Kier alpha value is -1.67. The van der Waals surface area contributed by atoms with Crippen LogP contribution in [0.1, 0.15) is 181 Å². The number of carbonyl (C=O) groups is 3. The average Bonchev–Trinajstić information content (AvgIpc) is 3.03. The third-order valence-electron chi connectivity index (χ3n) is 8.03. The van der Waals surface area contributed by atoms with E-state index < -0.39 is 12.1 Å². The quantitative estimate of drug-likeness (QED) is 0.0414. The third kappa shape index (κ3) is 33.5. The van der Waals surface area contributed by atoms with Gasteiger partial charge in [0.1, 0.15) is 13.2 Å². The molecule has 266 valence electrons. The number of hydrogen-bond donors (Lipinski definition) is 1. The molecule has 8 nitrogen and oxygen atoms in total. The van der Waals surface area contributed by atoms with Gasteiger partial charge in [-0.3, -0.25) is 14.4 Å². The van der Waals surface area contributed by atoms with Gasteiger partial charge < -0.3 is 24.1 Å². The Labute approximate surface area is 276 Å². The van der Waals surface area contributed by atoms with Gasteiger partial charge in [-0.2, -0.15) is 0 Å². The fraction of sp³-hybridized carbons (Fsp3) is 0.919. The van der Waals surface area contributed by atoms with E-state index in [9.17, 15) is 14.4 Å². The van der Waals surface area contributed by atoms with E-state index in [4.69, 9.17) is 24.1 Å². The SMILES string of the molecule is CCCCCCCCCCCCCC(=O)OCC(COC(=O)CCCOCCO)OC(=O)CCCCCCCCCCCCC. The largest absolute Gasteiger partial charge is 0.462 e. The number of hydrogen-bond acceptors (Lipinski definition) is 8. The van der Waals surface area contributed by atoms with Crippen LogP contribution in [0.2, 0.25) is 0 Å². The van der Waals surface area contributed by atoms with Gasteiger partial charge in [-0.15, -0.1) is 0 Å². The maximum atomic E-state index is 12.5. The van der Waals surface area contributed by atoms with E-state index in [-0.39, 0.29) is 44.8 Å². The summed E-state index contributed by atoms with van der Waals surface area (Å²) in [5.41, 5.74) is 0. The first-order valence-corrected chi connectivity index (χ1v) is 18.7. The molecule has 0 saturated carbocycles. The second-order valence-corrected chi connectivity index (χ2v) is 12.5. The number of unbranched alkanes of at least 4 members (excludes halogenated alkanes) is 20. The molecule has 0 saturated heterocycles. The molecule has 1 atom stereocenters. The minimum Gasteiger partial charge on any atom is -0.462 e. The minimum absolute atomic E-state index is 0.0609. The monoisotopic (exact) mass is 643 g/mol. The summed E-state index contributed by atoms with van der Waals surface area (Å²) < 4.78 is 21.5. The van der Waals surface area contributed by atoms with Crippen LogP contribution in [0, 0.1) is 0 Å². The Morgan fingerprint density at radius 1 is 0.467 bits per heavy atom. The van der Waals surface area contributed by atoms with Crippen molar-refractivity contribution in [3.8, 4) is 0 Å². The second-order valence-electron chi connectivity index (χ2n) is 12.5. The molecule has 0 rings (SSSR count). The van der Waals surface area contributed by atoms with E-state index >= 15 is 0 Å². The second kappa shape index (κ2) is 35.2. The lowest BCUT2D eigenvalue weighted by Crippen LogP contribution is -2.31. The molecular weight excluding hydrogens is 572 g/mol. The molecule has 0 fully saturated rings. The summed E-state index contributed by atoms with van der Waals surface area (Å²) >= 11 is 0. The van der Waals surface area contributed by atoms with Gasteiger partial charge in [-0.05, 0) is 19.3 Å². The molecule has 0 aromatic heterocycles. The van der Waals surface area contributed by atoms with E-state index in [1.165, 1.54) is 103 Å². The lowest BCUT2D eigenvalue weighted by atomic mass is 10.1. The van der Waals surface area contributed by atoms with Crippen molar-refractivity contribution in [1.82, 2.24) is 0 Å². The van der Waals surface area contributed by atoms with Crippen molar-refractivity contribution in [2.45, 2.75) is 187 Å². The van der Waals surface area contributed by atoms with Crippen molar-refractivity contribution in [2.24, 2.45) is 0 Å². The number of ether oxygens (including phenoxy) is 4. The van der Waals surface area contributed by atoms with Crippen molar-refractivity contribution in [2.75, 3.05) is 33.0 Å². The standard InChI is InChI=1S/C37H70O8/c1-3-5-7-9-11-13-15-17-19-21-23-26-35(39)43-32-34(33-44-36(40)28-25-30-42-31-29-38)45-37(41)27-24-22-20-18-16-14-12-10-8-6-4-2/h34,38H,3-33H2,1-2H3. The Kier molecular flexibility index (Phi) is 33.9. The Balaban J connectivity index is 4.26. The third-order valence-corrected chi connectivity index (χ3v) is 8.03. The van der Waals surface area contributed by atoms with Gasteiger partial charge in [-0.1, -0.05) is 142 Å². The number of rotatable bonds is 35. The number of carbonyl (C=O) groups excluding carboxylic acids is 3. The number of aliphatic hydroxyl groups excluding tert-OH is 1. The maximum absolute atomic E-state index is 12.5. The van der Waals surface area contributed by atoms with Crippen LogP contribution in [0.3, 0.4) is 0 Å². The smallest absolute Gasteiger partial charge is 0.306 e. The lowest BCUT2D eigenvalue weighted by Gasteiger charge is -2.18. The highest BCUT2D eigenvalue weighted by atomic mass is 16.6. The summed E-state index contributed by atoms with van der Waals surface area (Å²) in [7, 11) is 0. The van der Waals surface area contributed by atoms with Gasteiger partial charge in [0, 0.05) is 25.9 Å². The van der Waals surface area contributed by atoms with Crippen LogP contribution in [0.5, 0.6) is 0 Å². The van der Waals surface area contributed by atoms with E-state index in [0.717, 1.165) is 38.5 Å². The first-order chi connectivity index (χ1) is 22.0. The highest BCUT2D eigenvalue weighted by Gasteiger charge is 2.19. The summed E-state index contributed by atoms with van der Waals surface area (Å²) in [5.74, 6) is -1.10.